The predicted molar refractivity (Wildman–Crippen MR) is 107 cm³/mol. The molecule has 0 amide bonds. The summed E-state index contributed by atoms with van der Waals surface area (Å²) in [6, 6.07) is 19.0. The Hall–Kier alpha value is -2.02. The number of hydrogen-bond donors (Lipinski definition) is 0. The summed E-state index contributed by atoms with van der Waals surface area (Å²) in [6.07, 6.45) is 11.8. The van der Waals surface area contributed by atoms with E-state index in [1.807, 2.05) is 18.2 Å². The quantitative estimate of drug-likeness (QED) is 0.471. The number of benzene rings is 2. The second-order valence-corrected chi connectivity index (χ2v) is 7.16. The zero-order valence-electron chi connectivity index (χ0n) is 15.4. The number of hydrogen-bond acceptors (Lipinski definition) is 1. The number of rotatable bonds is 8. The SMILES string of the molecule is CCCCCC1CC=C(c2ccc(OCc3ccccc3)cc2)CC1. The summed E-state index contributed by atoms with van der Waals surface area (Å²) in [5.41, 5.74) is 4.08. The molecule has 1 unspecified atom stereocenters. The van der Waals surface area contributed by atoms with Crippen molar-refractivity contribution in [1.82, 2.24) is 0 Å². The highest BCUT2D eigenvalue weighted by Gasteiger charge is 2.15. The van der Waals surface area contributed by atoms with Crippen molar-refractivity contribution in [3.63, 3.8) is 0 Å². The second kappa shape index (κ2) is 9.46. The average Bonchev–Trinajstić information content (AvgIpc) is 2.68. The maximum absolute atomic E-state index is 5.89. The second-order valence-electron chi connectivity index (χ2n) is 7.16. The molecular weight excluding hydrogens is 304 g/mol. The van der Waals surface area contributed by atoms with Gasteiger partial charge in [-0.1, -0.05) is 81.1 Å². The van der Waals surface area contributed by atoms with Crippen molar-refractivity contribution in [2.45, 2.75) is 58.5 Å². The molecule has 0 aromatic heterocycles. The molecule has 0 saturated heterocycles. The van der Waals surface area contributed by atoms with Gasteiger partial charge in [0.2, 0.25) is 0 Å². The van der Waals surface area contributed by atoms with Crippen LogP contribution in [0.15, 0.2) is 60.7 Å². The number of allylic oxidation sites excluding steroid dienone is 2. The Kier molecular flexibility index (Phi) is 6.73. The van der Waals surface area contributed by atoms with E-state index in [4.69, 9.17) is 4.74 Å². The fourth-order valence-corrected chi connectivity index (χ4v) is 3.60. The van der Waals surface area contributed by atoms with Crippen molar-refractivity contribution in [2.75, 3.05) is 0 Å². The van der Waals surface area contributed by atoms with E-state index in [1.54, 1.807) is 0 Å². The molecule has 0 saturated carbocycles. The van der Waals surface area contributed by atoms with Crippen LogP contribution in [0, 0.1) is 5.92 Å². The molecule has 0 heterocycles. The Labute approximate surface area is 152 Å². The number of unbranched alkanes of at least 4 members (excludes halogenated alkanes) is 2. The Morgan fingerprint density at radius 1 is 0.960 bits per heavy atom. The minimum absolute atomic E-state index is 0.627. The molecule has 3 rings (SSSR count). The van der Waals surface area contributed by atoms with Crippen molar-refractivity contribution in [2.24, 2.45) is 5.92 Å². The molecule has 25 heavy (non-hydrogen) atoms. The summed E-state index contributed by atoms with van der Waals surface area (Å²) in [4.78, 5) is 0. The van der Waals surface area contributed by atoms with Gasteiger partial charge in [-0.15, -0.1) is 0 Å². The molecule has 132 valence electrons. The van der Waals surface area contributed by atoms with Gasteiger partial charge in [-0.25, -0.2) is 0 Å². The first kappa shape index (κ1) is 17.8. The van der Waals surface area contributed by atoms with Gasteiger partial charge in [-0.05, 0) is 54.0 Å². The molecule has 1 nitrogen and oxygen atoms in total. The van der Waals surface area contributed by atoms with Gasteiger partial charge in [0.15, 0.2) is 0 Å². The third kappa shape index (κ3) is 5.49. The zero-order valence-corrected chi connectivity index (χ0v) is 15.4. The highest BCUT2D eigenvalue weighted by atomic mass is 16.5. The van der Waals surface area contributed by atoms with Crippen LogP contribution >= 0.6 is 0 Å². The van der Waals surface area contributed by atoms with Gasteiger partial charge in [0, 0.05) is 0 Å². The Balaban J connectivity index is 1.50. The van der Waals surface area contributed by atoms with Gasteiger partial charge in [-0.2, -0.15) is 0 Å². The molecule has 1 atom stereocenters. The van der Waals surface area contributed by atoms with Gasteiger partial charge in [0.1, 0.15) is 12.4 Å². The lowest BCUT2D eigenvalue weighted by Crippen LogP contribution is -2.05. The van der Waals surface area contributed by atoms with E-state index in [9.17, 15) is 0 Å². The van der Waals surface area contributed by atoms with Crippen LogP contribution in [0.3, 0.4) is 0 Å². The minimum Gasteiger partial charge on any atom is -0.489 e. The van der Waals surface area contributed by atoms with E-state index >= 15 is 0 Å². The summed E-state index contributed by atoms with van der Waals surface area (Å²) in [6.45, 7) is 2.91. The maximum Gasteiger partial charge on any atom is 0.119 e. The highest BCUT2D eigenvalue weighted by molar-refractivity contribution is 5.66. The zero-order chi connectivity index (χ0) is 17.3. The Morgan fingerprint density at radius 2 is 1.76 bits per heavy atom. The van der Waals surface area contributed by atoms with E-state index < -0.39 is 0 Å². The van der Waals surface area contributed by atoms with E-state index in [-0.39, 0.29) is 0 Å². The van der Waals surface area contributed by atoms with Crippen LogP contribution in [-0.4, -0.2) is 0 Å². The molecule has 0 bridgehead atoms. The normalized spacial score (nSPS) is 17.2. The third-order valence-electron chi connectivity index (χ3n) is 5.21. The lowest BCUT2D eigenvalue weighted by molar-refractivity contribution is 0.306. The Morgan fingerprint density at radius 3 is 2.44 bits per heavy atom. The molecule has 1 aliphatic carbocycles. The monoisotopic (exact) mass is 334 g/mol. The van der Waals surface area contributed by atoms with Crippen molar-refractivity contribution >= 4 is 5.57 Å². The van der Waals surface area contributed by atoms with Crippen LogP contribution in [0.4, 0.5) is 0 Å². The maximum atomic E-state index is 5.89. The lowest BCUT2D eigenvalue weighted by atomic mass is 9.84. The van der Waals surface area contributed by atoms with Crippen molar-refractivity contribution < 1.29 is 4.74 Å². The van der Waals surface area contributed by atoms with Gasteiger partial charge in [0.25, 0.3) is 0 Å². The Bertz CT molecular complexity index is 654. The van der Waals surface area contributed by atoms with Crippen LogP contribution in [-0.2, 0) is 6.61 Å². The molecule has 0 N–H and O–H groups in total. The third-order valence-corrected chi connectivity index (χ3v) is 5.21. The van der Waals surface area contributed by atoms with Crippen LogP contribution in [0.5, 0.6) is 5.75 Å². The first-order chi connectivity index (χ1) is 12.3. The molecule has 2 aromatic carbocycles. The molecule has 0 radical (unpaired) electrons. The van der Waals surface area contributed by atoms with Gasteiger partial charge < -0.3 is 4.74 Å². The predicted octanol–water partition coefficient (Wildman–Crippen LogP) is 7.03. The smallest absolute Gasteiger partial charge is 0.119 e. The summed E-state index contributed by atoms with van der Waals surface area (Å²) in [7, 11) is 0. The first-order valence-corrected chi connectivity index (χ1v) is 9.81. The van der Waals surface area contributed by atoms with Gasteiger partial charge in [-0.3, -0.25) is 0 Å². The molecule has 0 fully saturated rings. The molecule has 0 spiro atoms. The van der Waals surface area contributed by atoms with Crippen LogP contribution in [0.25, 0.3) is 5.57 Å². The first-order valence-electron chi connectivity index (χ1n) is 9.81. The van der Waals surface area contributed by atoms with E-state index in [1.165, 1.54) is 61.6 Å². The average molecular weight is 335 g/mol. The van der Waals surface area contributed by atoms with Gasteiger partial charge >= 0.3 is 0 Å². The number of ether oxygens (including phenoxy) is 1. The van der Waals surface area contributed by atoms with E-state index in [2.05, 4.69) is 49.4 Å². The van der Waals surface area contributed by atoms with Gasteiger partial charge in [0.05, 0.1) is 0 Å². The van der Waals surface area contributed by atoms with Crippen LogP contribution < -0.4 is 4.74 Å². The van der Waals surface area contributed by atoms with Crippen molar-refractivity contribution in [1.29, 1.82) is 0 Å². The summed E-state index contributed by atoms with van der Waals surface area (Å²) in [5.74, 6) is 1.85. The largest absolute Gasteiger partial charge is 0.489 e. The van der Waals surface area contributed by atoms with E-state index in [0.717, 1.165) is 11.7 Å². The molecule has 1 aliphatic rings. The van der Waals surface area contributed by atoms with Crippen molar-refractivity contribution in [3.8, 4) is 5.75 Å². The highest BCUT2D eigenvalue weighted by Crippen LogP contribution is 2.33. The topological polar surface area (TPSA) is 9.23 Å². The summed E-state index contributed by atoms with van der Waals surface area (Å²) < 4.78 is 5.89. The van der Waals surface area contributed by atoms with Crippen LogP contribution in [0.1, 0.15) is 63.0 Å². The fourth-order valence-electron chi connectivity index (χ4n) is 3.60. The summed E-state index contributed by atoms with van der Waals surface area (Å²) in [5, 5.41) is 0. The molecule has 1 heteroatoms. The minimum atomic E-state index is 0.627. The molecule has 0 aliphatic heterocycles. The standard InChI is InChI=1S/C24H30O/c1-2-3-5-8-20-11-13-22(14-12-20)23-15-17-24(18-16-23)25-19-21-9-6-4-7-10-21/h4,6-7,9-10,13,15-18,20H,2-3,5,8,11-12,14,19H2,1H3. The summed E-state index contributed by atoms with van der Waals surface area (Å²) >= 11 is 0. The molecular formula is C24H30O. The van der Waals surface area contributed by atoms with Crippen LogP contribution in [0.2, 0.25) is 0 Å². The fraction of sp³-hybridized carbons (Fsp3) is 0.417. The lowest BCUT2D eigenvalue weighted by Gasteiger charge is -2.22. The van der Waals surface area contributed by atoms with Crippen molar-refractivity contribution in [3.05, 3.63) is 71.8 Å². The molecule has 2 aromatic rings. The van der Waals surface area contributed by atoms with E-state index in [0.29, 0.717) is 6.61 Å².